The molecule has 1 N–H and O–H groups in total. The second-order valence-electron chi connectivity index (χ2n) is 6.24. The fourth-order valence-electron chi connectivity index (χ4n) is 3.17. The molecule has 1 aromatic heterocycles. The number of carbonyl (C=O) groups excluding carboxylic acids is 1. The highest BCUT2D eigenvalue weighted by Crippen LogP contribution is 2.27. The van der Waals surface area contributed by atoms with Crippen molar-refractivity contribution in [3.8, 4) is 0 Å². The minimum Gasteiger partial charge on any atom is -0.478 e. The highest BCUT2D eigenvalue weighted by Gasteiger charge is 2.25. The van der Waals surface area contributed by atoms with Gasteiger partial charge in [0, 0.05) is 30.9 Å². The van der Waals surface area contributed by atoms with Gasteiger partial charge in [-0.1, -0.05) is 12.1 Å². The summed E-state index contributed by atoms with van der Waals surface area (Å²) in [6.45, 7) is 3.64. The van der Waals surface area contributed by atoms with Gasteiger partial charge in [-0.3, -0.25) is 9.48 Å². The van der Waals surface area contributed by atoms with Gasteiger partial charge in [-0.2, -0.15) is 5.10 Å². The number of carboxylic acids is 1. The molecule has 6 nitrogen and oxygen atoms in total. The Bertz CT molecular complexity index is 736. The molecule has 3 rings (SSSR count). The average molecular weight is 327 g/mol. The van der Waals surface area contributed by atoms with E-state index in [0.29, 0.717) is 6.54 Å². The third kappa shape index (κ3) is 3.48. The van der Waals surface area contributed by atoms with Gasteiger partial charge in [0.15, 0.2) is 0 Å². The maximum absolute atomic E-state index is 12.5. The van der Waals surface area contributed by atoms with Gasteiger partial charge >= 0.3 is 5.97 Å². The van der Waals surface area contributed by atoms with Crippen molar-refractivity contribution in [1.82, 2.24) is 14.7 Å². The van der Waals surface area contributed by atoms with E-state index >= 15 is 0 Å². The summed E-state index contributed by atoms with van der Waals surface area (Å²) in [6, 6.07) is 8.87. The Kier molecular flexibility index (Phi) is 4.64. The van der Waals surface area contributed by atoms with Crippen LogP contribution in [-0.4, -0.2) is 44.8 Å². The molecule has 1 saturated heterocycles. The molecule has 1 atom stereocenters. The number of carboxylic acid groups (broad SMARTS) is 1. The summed E-state index contributed by atoms with van der Waals surface area (Å²) in [7, 11) is 0. The minimum atomic E-state index is -0.920. The lowest BCUT2D eigenvalue weighted by atomic mass is 9.90. The van der Waals surface area contributed by atoms with Crippen LogP contribution in [0.2, 0.25) is 0 Å². The molecular weight excluding hydrogens is 306 g/mol. The topological polar surface area (TPSA) is 75.4 Å². The quantitative estimate of drug-likeness (QED) is 0.935. The third-order valence-electron chi connectivity index (χ3n) is 4.62. The van der Waals surface area contributed by atoms with Crippen molar-refractivity contribution in [2.75, 3.05) is 13.1 Å². The van der Waals surface area contributed by atoms with Gasteiger partial charge in [0.05, 0.1) is 5.56 Å². The number of aryl methyl sites for hydroxylation is 1. The number of amides is 1. The number of nitrogens with zero attached hydrogens (tertiary/aromatic N) is 3. The van der Waals surface area contributed by atoms with E-state index in [2.05, 4.69) is 5.10 Å². The van der Waals surface area contributed by atoms with Crippen LogP contribution in [-0.2, 0) is 11.3 Å². The number of benzene rings is 1. The summed E-state index contributed by atoms with van der Waals surface area (Å²) in [5, 5.41) is 13.2. The van der Waals surface area contributed by atoms with E-state index < -0.39 is 5.97 Å². The van der Waals surface area contributed by atoms with Gasteiger partial charge in [0.2, 0.25) is 5.91 Å². The Morgan fingerprint density at radius 2 is 2.00 bits per heavy atom. The Morgan fingerprint density at radius 3 is 2.62 bits per heavy atom. The van der Waals surface area contributed by atoms with Crippen LogP contribution in [0.25, 0.3) is 0 Å². The molecule has 0 unspecified atom stereocenters. The normalized spacial score (nSPS) is 17.7. The van der Waals surface area contributed by atoms with E-state index in [1.54, 1.807) is 23.0 Å². The largest absolute Gasteiger partial charge is 0.478 e. The molecule has 0 radical (unpaired) electrons. The maximum Gasteiger partial charge on any atom is 0.335 e. The van der Waals surface area contributed by atoms with E-state index in [0.717, 1.165) is 30.6 Å². The van der Waals surface area contributed by atoms with E-state index in [4.69, 9.17) is 5.11 Å². The number of hydrogen-bond acceptors (Lipinski definition) is 3. The summed E-state index contributed by atoms with van der Waals surface area (Å²) in [5.41, 5.74) is 2.35. The zero-order valence-corrected chi connectivity index (χ0v) is 13.7. The molecule has 1 aliphatic rings. The minimum absolute atomic E-state index is 0.0775. The van der Waals surface area contributed by atoms with Crippen LogP contribution in [0.3, 0.4) is 0 Å². The van der Waals surface area contributed by atoms with Crippen LogP contribution in [0.15, 0.2) is 36.5 Å². The molecule has 24 heavy (non-hydrogen) atoms. The van der Waals surface area contributed by atoms with Crippen molar-refractivity contribution in [3.05, 3.63) is 53.3 Å². The van der Waals surface area contributed by atoms with Crippen molar-refractivity contribution >= 4 is 11.9 Å². The summed E-state index contributed by atoms with van der Waals surface area (Å²) in [5.74, 6) is -0.588. The van der Waals surface area contributed by atoms with Crippen molar-refractivity contribution < 1.29 is 14.7 Å². The first kappa shape index (κ1) is 16.2. The predicted molar refractivity (Wildman–Crippen MR) is 88.9 cm³/mol. The van der Waals surface area contributed by atoms with Crippen LogP contribution in [0.1, 0.15) is 40.4 Å². The molecular formula is C18H21N3O3. The molecule has 0 spiro atoms. The Hall–Kier alpha value is -2.63. The molecule has 0 saturated carbocycles. The summed E-state index contributed by atoms with van der Waals surface area (Å²) < 4.78 is 1.72. The summed E-state index contributed by atoms with van der Waals surface area (Å²) in [6.07, 6.45) is 3.66. The molecule has 0 aliphatic carbocycles. The first-order chi connectivity index (χ1) is 11.5. The van der Waals surface area contributed by atoms with E-state index in [9.17, 15) is 9.59 Å². The van der Waals surface area contributed by atoms with Crippen LogP contribution < -0.4 is 0 Å². The average Bonchev–Trinajstić information content (AvgIpc) is 3.00. The molecule has 1 aliphatic heterocycles. The molecule has 2 heterocycles. The zero-order chi connectivity index (χ0) is 17.1. The number of piperidine rings is 1. The second kappa shape index (κ2) is 6.86. The van der Waals surface area contributed by atoms with Crippen LogP contribution >= 0.6 is 0 Å². The SMILES string of the molecule is Cc1ccnn1CC(=O)N1CCC[C@@H](c2ccc(C(=O)O)cc2)C1. The summed E-state index contributed by atoms with van der Waals surface area (Å²) in [4.78, 5) is 25.4. The van der Waals surface area contributed by atoms with Crippen molar-refractivity contribution in [2.24, 2.45) is 0 Å². The Balaban J connectivity index is 1.66. The number of hydrogen-bond donors (Lipinski definition) is 1. The third-order valence-corrected chi connectivity index (χ3v) is 4.62. The van der Waals surface area contributed by atoms with Gasteiger partial charge in [-0.05, 0) is 43.5 Å². The monoisotopic (exact) mass is 327 g/mol. The van der Waals surface area contributed by atoms with E-state index in [1.807, 2.05) is 30.0 Å². The molecule has 0 bridgehead atoms. The lowest BCUT2D eigenvalue weighted by molar-refractivity contribution is -0.133. The standard InChI is InChI=1S/C18H21N3O3/c1-13-8-9-19-21(13)12-17(22)20-10-2-3-16(11-20)14-4-6-15(7-5-14)18(23)24/h4-9,16H,2-3,10-12H2,1H3,(H,23,24)/t16-/m1/s1. The van der Waals surface area contributed by atoms with Crippen molar-refractivity contribution in [1.29, 1.82) is 0 Å². The van der Waals surface area contributed by atoms with Gasteiger partial charge in [-0.25, -0.2) is 4.79 Å². The number of aromatic nitrogens is 2. The Morgan fingerprint density at radius 1 is 1.25 bits per heavy atom. The van der Waals surface area contributed by atoms with Gasteiger partial charge in [0.1, 0.15) is 6.54 Å². The predicted octanol–water partition coefficient (Wildman–Crippen LogP) is 2.30. The summed E-state index contributed by atoms with van der Waals surface area (Å²) >= 11 is 0. The molecule has 2 aromatic rings. The molecule has 126 valence electrons. The lowest BCUT2D eigenvalue weighted by Gasteiger charge is -2.33. The van der Waals surface area contributed by atoms with Gasteiger partial charge < -0.3 is 10.0 Å². The number of likely N-dealkylation sites (tertiary alicyclic amines) is 1. The van der Waals surface area contributed by atoms with Crippen LogP contribution in [0.4, 0.5) is 0 Å². The number of rotatable bonds is 4. The molecule has 1 aromatic carbocycles. The van der Waals surface area contributed by atoms with E-state index in [-0.39, 0.29) is 23.9 Å². The van der Waals surface area contributed by atoms with E-state index in [1.165, 1.54) is 0 Å². The number of carbonyl (C=O) groups is 2. The van der Waals surface area contributed by atoms with Gasteiger partial charge in [-0.15, -0.1) is 0 Å². The molecule has 1 fully saturated rings. The first-order valence-electron chi connectivity index (χ1n) is 8.14. The zero-order valence-electron chi connectivity index (χ0n) is 13.7. The van der Waals surface area contributed by atoms with Crippen molar-refractivity contribution in [3.63, 3.8) is 0 Å². The van der Waals surface area contributed by atoms with Crippen LogP contribution in [0.5, 0.6) is 0 Å². The Labute approximate surface area is 140 Å². The molecule has 6 heteroatoms. The maximum atomic E-state index is 12.5. The number of aromatic carboxylic acids is 1. The lowest BCUT2D eigenvalue weighted by Crippen LogP contribution is -2.41. The van der Waals surface area contributed by atoms with Gasteiger partial charge in [0.25, 0.3) is 0 Å². The van der Waals surface area contributed by atoms with Crippen molar-refractivity contribution in [2.45, 2.75) is 32.2 Å². The smallest absolute Gasteiger partial charge is 0.335 e. The first-order valence-corrected chi connectivity index (χ1v) is 8.14. The highest BCUT2D eigenvalue weighted by atomic mass is 16.4. The fraction of sp³-hybridized carbons (Fsp3) is 0.389. The molecule has 1 amide bonds. The highest BCUT2D eigenvalue weighted by molar-refractivity contribution is 5.87. The van der Waals surface area contributed by atoms with Crippen LogP contribution in [0, 0.1) is 6.92 Å². The second-order valence-corrected chi connectivity index (χ2v) is 6.24. The fourth-order valence-corrected chi connectivity index (χ4v) is 3.17.